The number of nitrogens with zero attached hydrogens (tertiary/aromatic N) is 3. The lowest BCUT2D eigenvalue weighted by Crippen LogP contribution is -2.39. The van der Waals surface area contributed by atoms with E-state index in [0.29, 0.717) is 41.2 Å². The van der Waals surface area contributed by atoms with Gasteiger partial charge in [0.15, 0.2) is 0 Å². The predicted molar refractivity (Wildman–Crippen MR) is 110 cm³/mol. The van der Waals surface area contributed by atoms with Crippen LogP contribution in [-0.4, -0.2) is 65.9 Å². The van der Waals surface area contributed by atoms with Crippen molar-refractivity contribution in [2.45, 2.75) is 19.9 Å². The molecule has 0 unspecified atom stereocenters. The largest absolute Gasteiger partial charge is 0.395 e. The molecule has 0 saturated heterocycles. The number of carbonyl (C=O) groups excluding carboxylic acids is 3. The summed E-state index contributed by atoms with van der Waals surface area (Å²) < 4.78 is 13.9. The Labute approximate surface area is 177 Å². The maximum atomic E-state index is 13.9. The normalized spacial score (nSPS) is 16.5. The van der Waals surface area contributed by atoms with E-state index in [0.717, 1.165) is 10.4 Å². The number of carbonyl (C=O) groups is 3. The first-order valence-corrected chi connectivity index (χ1v) is 10.5. The number of aliphatic hydroxyl groups is 1. The van der Waals surface area contributed by atoms with Crippen LogP contribution >= 0.6 is 11.3 Å². The zero-order valence-electron chi connectivity index (χ0n) is 16.8. The van der Waals surface area contributed by atoms with E-state index in [9.17, 15) is 23.9 Å². The molecule has 3 heterocycles. The lowest BCUT2D eigenvalue weighted by molar-refractivity contribution is -0.119. The summed E-state index contributed by atoms with van der Waals surface area (Å²) in [5.74, 6) is -1.15. The lowest BCUT2D eigenvalue weighted by Gasteiger charge is -2.28. The number of anilines is 1. The highest BCUT2D eigenvalue weighted by Crippen LogP contribution is 2.41. The average Bonchev–Trinajstić information content (AvgIpc) is 3.07. The zero-order chi connectivity index (χ0) is 21.6. The molecule has 2 aromatic rings. The number of β-amino-alcohol motifs (C(OH)–C–C–N with tert-alkyl or cyclic N) is 1. The van der Waals surface area contributed by atoms with Gasteiger partial charge in [0, 0.05) is 30.6 Å². The Bertz CT molecular complexity index is 1050. The van der Waals surface area contributed by atoms with E-state index >= 15 is 0 Å². The van der Waals surface area contributed by atoms with Crippen molar-refractivity contribution in [1.82, 2.24) is 9.80 Å². The van der Waals surface area contributed by atoms with Crippen LogP contribution in [0.15, 0.2) is 18.2 Å². The Balaban J connectivity index is 1.70. The van der Waals surface area contributed by atoms with Crippen LogP contribution in [0.3, 0.4) is 0 Å². The molecule has 1 aromatic heterocycles. The summed E-state index contributed by atoms with van der Waals surface area (Å²) in [7, 11) is 1.59. The van der Waals surface area contributed by atoms with E-state index < -0.39 is 5.82 Å². The molecule has 1 N–H and O–H groups in total. The molecule has 7 nitrogen and oxygen atoms in total. The Kier molecular flexibility index (Phi) is 5.33. The van der Waals surface area contributed by atoms with E-state index in [1.807, 2.05) is 0 Å². The highest BCUT2D eigenvalue weighted by Gasteiger charge is 2.37. The topological polar surface area (TPSA) is 81.2 Å². The van der Waals surface area contributed by atoms with Crippen LogP contribution in [0.2, 0.25) is 0 Å². The summed E-state index contributed by atoms with van der Waals surface area (Å²) in [6.45, 7) is 2.12. The van der Waals surface area contributed by atoms with Crippen molar-refractivity contribution in [3.63, 3.8) is 0 Å². The number of rotatable bonds is 3. The summed E-state index contributed by atoms with van der Waals surface area (Å²) in [5, 5.41) is 9.94. The first-order valence-electron chi connectivity index (χ1n) is 9.69. The quantitative estimate of drug-likeness (QED) is 0.804. The van der Waals surface area contributed by atoms with E-state index in [-0.39, 0.29) is 37.4 Å². The zero-order valence-corrected chi connectivity index (χ0v) is 17.6. The molecule has 2 aliphatic heterocycles. The van der Waals surface area contributed by atoms with Gasteiger partial charge in [0.05, 0.1) is 18.7 Å². The monoisotopic (exact) mass is 431 g/mol. The number of halogens is 1. The molecule has 4 rings (SSSR count). The van der Waals surface area contributed by atoms with Crippen LogP contribution in [0.1, 0.15) is 36.7 Å². The summed E-state index contributed by atoms with van der Waals surface area (Å²) >= 11 is 1.31. The van der Waals surface area contributed by atoms with Gasteiger partial charge in [-0.05, 0) is 36.6 Å². The van der Waals surface area contributed by atoms with Crippen LogP contribution in [0.4, 0.5) is 9.39 Å². The van der Waals surface area contributed by atoms with Gasteiger partial charge in [-0.25, -0.2) is 4.39 Å². The maximum Gasteiger partial charge on any atom is 0.257 e. The van der Waals surface area contributed by atoms with Gasteiger partial charge in [0.25, 0.3) is 11.8 Å². The number of amides is 3. The van der Waals surface area contributed by atoms with Crippen molar-refractivity contribution >= 4 is 34.1 Å². The van der Waals surface area contributed by atoms with Gasteiger partial charge < -0.3 is 14.9 Å². The molecule has 2 aliphatic rings. The van der Waals surface area contributed by atoms with Gasteiger partial charge in [-0.15, -0.1) is 11.3 Å². The fourth-order valence-corrected chi connectivity index (χ4v) is 5.37. The van der Waals surface area contributed by atoms with Gasteiger partial charge >= 0.3 is 0 Å². The van der Waals surface area contributed by atoms with Crippen LogP contribution in [-0.2, 0) is 17.8 Å². The summed E-state index contributed by atoms with van der Waals surface area (Å²) in [6, 6.07) is 4.46. The second-order valence-electron chi connectivity index (χ2n) is 7.50. The minimum absolute atomic E-state index is 0.0432. The standard InChI is InChI=1S/C21H22FN3O4S/c1-12-13(4-3-5-15(12)22)19(28)24-7-6-14-16(10-24)30-21-18(14)20(29)23(2)11-17(27)25(21)8-9-26/h3-5,26H,6-11H2,1-2H3. The SMILES string of the molecule is Cc1c(F)cccc1C(=O)N1CCc2c(sc3c2C(=O)N(C)CC(=O)N3CCO)C1. The van der Waals surface area contributed by atoms with E-state index in [1.165, 1.54) is 33.3 Å². The smallest absolute Gasteiger partial charge is 0.257 e. The summed E-state index contributed by atoms with van der Waals surface area (Å²) in [4.78, 5) is 43.9. The number of aliphatic hydroxyl groups excluding tert-OH is 1. The van der Waals surface area contributed by atoms with Gasteiger partial charge in [-0.3, -0.25) is 19.3 Å². The molecule has 158 valence electrons. The fraction of sp³-hybridized carbons (Fsp3) is 0.381. The second-order valence-corrected chi connectivity index (χ2v) is 8.59. The molecule has 0 aliphatic carbocycles. The number of likely N-dealkylation sites (N-methyl/N-ethyl adjacent to an activating group) is 1. The van der Waals surface area contributed by atoms with Crippen molar-refractivity contribution < 1.29 is 23.9 Å². The van der Waals surface area contributed by atoms with Gasteiger partial charge in [0.2, 0.25) is 5.91 Å². The molecular formula is C21H22FN3O4S. The van der Waals surface area contributed by atoms with Crippen molar-refractivity contribution in [3.8, 4) is 0 Å². The Morgan fingerprint density at radius 2 is 2.03 bits per heavy atom. The van der Waals surface area contributed by atoms with Crippen molar-refractivity contribution in [2.75, 3.05) is 38.2 Å². The minimum atomic E-state index is -0.423. The van der Waals surface area contributed by atoms with E-state index in [1.54, 1.807) is 24.9 Å². The molecule has 0 fully saturated rings. The van der Waals surface area contributed by atoms with Crippen LogP contribution < -0.4 is 4.90 Å². The molecule has 9 heteroatoms. The fourth-order valence-electron chi connectivity index (χ4n) is 3.97. The molecule has 0 atom stereocenters. The number of hydrogen-bond acceptors (Lipinski definition) is 5. The second kappa shape index (κ2) is 7.81. The predicted octanol–water partition coefficient (Wildman–Crippen LogP) is 1.81. The highest BCUT2D eigenvalue weighted by molar-refractivity contribution is 7.17. The van der Waals surface area contributed by atoms with Gasteiger partial charge in [0.1, 0.15) is 17.4 Å². The molecule has 0 saturated carbocycles. The molecule has 0 bridgehead atoms. The third-order valence-electron chi connectivity index (χ3n) is 5.63. The summed E-state index contributed by atoms with van der Waals surface area (Å²) in [5.41, 5.74) is 1.98. The minimum Gasteiger partial charge on any atom is -0.395 e. The van der Waals surface area contributed by atoms with Gasteiger partial charge in [-0.1, -0.05) is 6.07 Å². The van der Waals surface area contributed by atoms with E-state index in [2.05, 4.69) is 0 Å². The Hall–Kier alpha value is -2.78. The highest BCUT2D eigenvalue weighted by atomic mass is 32.1. The molecule has 0 radical (unpaired) electrons. The third-order valence-corrected chi connectivity index (χ3v) is 6.87. The Morgan fingerprint density at radius 1 is 1.27 bits per heavy atom. The molecule has 1 aromatic carbocycles. The Morgan fingerprint density at radius 3 is 2.77 bits per heavy atom. The average molecular weight is 431 g/mol. The number of thiophene rings is 1. The molecule has 0 spiro atoms. The number of hydrogen-bond donors (Lipinski definition) is 1. The van der Waals surface area contributed by atoms with Gasteiger partial charge in [-0.2, -0.15) is 0 Å². The lowest BCUT2D eigenvalue weighted by atomic mass is 10.00. The van der Waals surface area contributed by atoms with Crippen LogP contribution in [0.25, 0.3) is 0 Å². The van der Waals surface area contributed by atoms with E-state index in [4.69, 9.17) is 0 Å². The summed E-state index contributed by atoms with van der Waals surface area (Å²) in [6.07, 6.45) is 0.474. The van der Waals surface area contributed by atoms with Crippen LogP contribution in [0, 0.1) is 12.7 Å². The first kappa shape index (κ1) is 20.5. The molecular weight excluding hydrogens is 409 g/mol. The van der Waals surface area contributed by atoms with Crippen molar-refractivity contribution in [3.05, 3.63) is 51.1 Å². The third kappa shape index (κ3) is 3.27. The maximum absolute atomic E-state index is 13.9. The number of fused-ring (bicyclic) bond motifs is 3. The van der Waals surface area contributed by atoms with Crippen molar-refractivity contribution in [2.24, 2.45) is 0 Å². The van der Waals surface area contributed by atoms with Crippen molar-refractivity contribution in [1.29, 1.82) is 0 Å². The molecule has 30 heavy (non-hydrogen) atoms. The van der Waals surface area contributed by atoms with Crippen LogP contribution in [0.5, 0.6) is 0 Å². The number of benzene rings is 1. The first-order chi connectivity index (χ1) is 14.3. The molecule has 3 amide bonds.